The highest BCUT2D eigenvalue weighted by Gasteiger charge is 2.23. The van der Waals surface area contributed by atoms with E-state index in [2.05, 4.69) is 5.32 Å². The molecule has 1 heterocycles. The second kappa shape index (κ2) is 5.82. The Morgan fingerprint density at radius 1 is 1.19 bits per heavy atom. The fraction of sp³-hybridized carbons (Fsp3) is 0.294. The van der Waals surface area contributed by atoms with Gasteiger partial charge < -0.3 is 10.1 Å². The zero-order valence-electron chi connectivity index (χ0n) is 11.8. The van der Waals surface area contributed by atoms with Gasteiger partial charge in [0.1, 0.15) is 5.75 Å². The maximum absolute atomic E-state index is 13.5. The number of rotatable bonds is 4. The minimum absolute atomic E-state index is 0.210. The van der Waals surface area contributed by atoms with Crippen molar-refractivity contribution in [1.82, 2.24) is 5.32 Å². The molecule has 1 unspecified atom stereocenters. The van der Waals surface area contributed by atoms with E-state index in [1.807, 2.05) is 25.1 Å². The van der Waals surface area contributed by atoms with Gasteiger partial charge >= 0.3 is 0 Å². The lowest BCUT2D eigenvalue weighted by molar-refractivity contribution is 0.350. The van der Waals surface area contributed by atoms with Crippen LogP contribution in [0.1, 0.15) is 29.7 Å². The summed E-state index contributed by atoms with van der Waals surface area (Å²) in [5.74, 6) is -0.791. The molecule has 2 aromatic rings. The van der Waals surface area contributed by atoms with Crippen LogP contribution < -0.4 is 10.1 Å². The number of hydrogen-bond donors (Lipinski definition) is 1. The number of fused-ring (bicyclic) bond motifs is 1. The van der Waals surface area contributed by atoms with E-state index in [0.29, 0.717) is 18.7 Å². The maximum atomic E-state index is 13.5. The van der Waals surface area contributed by atoms with Gasteiger partial charge in [-0.25, -0.2) is 8.78 Å². The van der Waals surface area contributed by atoms with E-state index >= 15 is 0 Å². The van der Waals surface area contributed by atoms with Crippen molar-refractivity contribution in [2.45, 2.75) is 19.4 Å². The first-order chi connectivity index (χ1) is 10.2. The monoisotopic (exact) mass is 289 g/mol. The molecule has 1 aliphatic heterocycles. The molecule has 0 saturated heterocycles. The van der Waals surface area contributed by atoms with Crippen LogP contribution in [0, 0.1) is 11.6 Å². The summed E-state index contributed by atoms with van der Waals surface area (Å²) in [6, 6.07) is 9.81. The molecule has 0 amide bonds. The summed E-state index contributed by atoms with van der Waals surface area (Å²) in [6.07, 6.45) is 0.889. The molecule has 21 heavy (non-hydrogen) atoms. The topological polar surface area (TPSA) is 21.3 Å². The Labute approximate surface area is 122 Å². The lowest BCUT2D eigenvalue weighted by Gasteiger charge is -2.21. The van der Waals surface area contributed by atoms with Crippen molar-refractivity contribution in [2.75, 3.05) is 13.2 Å². The summed E-state index contributed by atoms with van der Waals surface area (Å²) in [7, 11) is 0. The molecule has 1 N–H and O–H groups in total. The van der Waals surface area contributed by atoms with Crippen molar-refractivity contribution in [2.24, 2.45) is 0 Å². The Hall–Kier alpha value is -1.94. The molecule has 1 aliphatic rings. The van der Waals surface area contributed by atoms with Crippen LogP contribution >= 0.6 is 0 Å². The zero-order chi connectivity index (χ0) is 14.8. The smallest absolute Gasteiger partial charge is 0.159 e. The van der Waals surface area contributed by atoms with Crippen molar-refractivity contribution < 1.29 is 13.5 Å². The highest BCUT2D eigenvalue weighted by Crippen LogP contribution is 2.36. The standard InChI is InChI=1S/C17H17F2NO/c1-2-20-16(12-6-7-14(18)15(19)10-12)13-5-3-4-11-8-9-21-17(11)13/h3-7,10,16,20H,2,8-9H2,1H3. The summed E-state index contributed by atoms with van der Waals surface area (Å²) in [5.41, 5.74) is 2.83. The molecule has 0 spiro atoms. The largest absolute Gasteiger partial charge is 0.493 e. The number of halogens is 2. The average molecular weight is 289 g/mol. The third-order valence-electron chi connectivity index (χ3n) is 3.74. The van der Waals surface area contributed by atoms with Crippen LogP contribution in [0.2, 0.25) is 0 Å². The van der Waals surface area contributed by atoms with Crippen molar-refractivity contribution in [3.63, 3.8) is 0 Å². The predicted octanol–water partition coefficient (Wildman–Crippen LogP) is 3.60. The van der Waals surface area contributed by atoms with Gasteiger partial charge in [-0.3, -0.25) is 0 Å². The molecular formula is C17H17F2NO. The Balaban J connectivity index is 2.06. The van der Waals surface area contributed by atoms with Crippen LogP contribution in [0.4, 0.5) is 8.78 Å². The number of para-hydroxylation sites is 1. The summed E-state index contributed by atoms with van der Waals surface area (Å²) in [4.78, 5) is 0. The summed E-state index contributed by atoms with van der Waals surface area (Å²) >= 11 is 0. The maximum Gasteiger partial charge on any atom is 0.159 e. The molecule has 0 fully saturated rings. The first-order valence-corrected chi connectivity index (χ1v) is 7.13. The van der Waals surface area contributed by atoms with Crippen molar-refractivity contribution in [1.29, 1.82) is 0 Å². The molecule has 110 valence electrons. The second-order valence-corrected chi connectivity index (χ2v) is 5.10. The van der Waals surface area contributed by atoms with E-state index in [1.54, 1.807) is 6.07 Å². The van der Waals surface area contributed by atoms with Crippen molar-refractivity contribution in [3.05, 3.63) is 64.7 Å². The highest BCUT2D eigenvalue weighted by atomic mass is 19.2. The van der Waals surface area contributed by atoms with Gasteiger partial charge in [0.2, 0.25) is 0 Å². The highest BCUT2D eigenvalue weighted by molar-refractivity contribution is 5.48. The van der Waals surface area contributed by atoms with Gasteiger partial charge in [-0.2, -0.15) is 0 Å². The quantitative estimate of drug-likeness (QED) is 0.928. The lowest BCUT2D eigenvalue weighted by atomic mass is 9.95. The van der Waals surface area contributed by atoms with Crippen molar-refractivity contribution >= 4 is 0 Å². The average Bonchev–Trinajstić information content (AvgIpc) is 2.96. The van der Waals surface area contributed by atoms with E-state index in [-0.39, 0.29) is 6.04 Å². The summed E-state index contributed by atoms with van der Waals surface area (Å²) in [6.45, 7) is 3.37. The third-order valence-corrected chi connectivity index (χ3v) is 3.74. The van der Waals surface area contributed by atoms with Gasteiger partial charge in [0.05, 0.1) is 12.6 Å². The molecule has 0 radical (unpaired) electrons. The fourth-order valence-corrected chi connectivity index (χ4v) is 2.77. The Morgan fingerprint density at radius 2 is 2.05 bits per heavy atom. The van der Waals surface area contributed by atoms with Gasteiger partial charge in [0.15, 0.2) is 11.6 Å². The van der Waals surface area contributed by atoms with Gasteiger partial charge in [-0.1, -0.05) is 31.2 Å². The van der Waals surface area contributed by atoms with E-state index in [4.69, 9.17) is 4.74 Å². The van der Waals surface area contributed by atoms with E-state index < -0.39 is 11.6 Å². The summed E-state index contributed by atoms with van der Waals surface area (Å²) in [5, 5.41) is 3.32. The van der Waals surface area contributed by atoms with Crippen LogP contribution in [-0.2, 0) is 6.42 Å². The SMILES string of the molecule is CCNC(c1ccc(F)c(F)c1)c1cccc2c1OCC2. The van der Waals surface area contributed by atoms with Gasteiger partial charge in [-0.15, -0.1) is 0 Å². The number of ether oxygens (including phenoxy) is 1. The molecular weight excluding hydrogens is 272 g/mol. The fourth-order valence-electron chi connectivity index (χ4n) is 2.77. The number of nitrogens with one attached hydrogen (secondary N) is 1. The first kappa shape index (κ1) is 14.0. The third kappa shape index (κ3) is 2.63. The Morgan fingerprint density at radius 3 is 2.81 bits per heavy atom. The predicted molar refractivity (Wildman–Crippen MR) is 77.5 cm³/mol. The summed E-state index contributed by atoms with van der Waals surface area (Å²) < 4.78 is 32.4. The van der Waals surface area contributed by atoms with E-state index in [0.717, 1.165) is 23.3 Å². The van der Waals surface area contributed by atoms with Crippen molar-refractivity contribution in [3.8, 4) is 5.75 Å². The molecule has 1 atom stereocenters. The molecule has 0 aliphatic carbocycles. The lowest BCUT2D eigenvalue weighted by Crippen LogP contribution is -2.22. The molecule has 0 saturated carbocycles. The van der Waals surface area contributed by atoms with Crippen LogP contribution in [0.5, 0.6) is 5.75 Å². The van der Waals surface area contributed by atoms with Gasteiger partial charge in [0, 0.05) is 12.0 Å². The first-order valence-electron chi connectivity index (χ1n) is 7.13. The molecule has 3 rings (SSSR count). The minimum Gasteiger partial charge on any atom is -0.493 e. The normalized spacial score (nSPS) is 14.6. The Kier molecular flexibility index (Phi) is 3.88. The van der Waals surface area contributed by atoms with Crippen LogP contribution in [0.15, 0.2) is 36.4 Å². The van der Waals surface area contributed by atoms with Crippen LogP contribution in [0.3, 0.4) is 0 Å². The van der Waals surface area contributed by atoms with Gasteiger partial charge in [0.25, 0.3) is 0 Å². The molecule has 4 heteroatoms. The molecule has 0 aromatic heterocycles. The van der Waals surface area contributed by atoms with E-state index in [9.17, 15) is 8.78 Å². The van der Waals surface area contributed by atoms with Gasteiger partial charge in [-0.05, 0) is 29.8 Å². The molecule has 0 bridgehead atoms. The van der Waals surface area contributed by atoms with E-state index in [1.165, 1.54) is 12.1 Å². The van der Waals surface area contributed by atoms with Crippen LogP contribution in [0.25, 0.3) is 0 Å². The van der Waals surface area contributed by atoms with Crippen LogP contribution in [-0.4, -0.2) is 13.2 Å². The molecule has 2 nitrogen and oxygen atoms in total. The minimum atomic E-state index is -0.830. The zero-order valence-corrected chi connectivity index (χ0v) is 11.8. The molecule has 2 aromatic carbocycles. The second-order valence-electron chi connectivity index (χ2n) is 5.10. The Bertz CT molecular complexity index is 657. The number of benzene rings is 2. The number of hydrogen-bond acceptors (Lipinski definition) is 2.